The Labute approximate surface area is 143 Å². The summed E-state index contributed by atoms with van der Waals surface area (Å²) in [6, 6.07) is 7.60. The third-order valence-electron chi connectivity index (χ3n) is 2.72. The van der Waals surface area contributed by atoms with Crippen molar-refractivity contribution in [3.8, 4) is 5.75 Å². The van der Waals surface area contributed by atoms with Gasteiger partial charge in [-0.1, -0.05) is 39.8 Å². The van der Waals surface area contributed by atoms with Crippen molar-refractivity contribution in [1.82, 2.24) is 0 Å². The molecule has 0 heterocycles. The quantitative estimate of drug-likeness (QED) is 0.433. The maximum atomic E-state index is 11.2. The summed E-state index contributed by atoms with van der Waals surface area (Å²) in [6.07, 6.45) is 1.29. The van der Waals surface area contributed by atoms with Gasteiger partial charge in [-0.25, -0.2) is 0 Å². The van der Waals surface area contributed by atoms with Crippen molar-refractivity contribution in [1.29, 1.82) is 0 Å². The molecule has 0 atom stereocenters. The van der Waals surface area contributed by atoms with Crippen LogP contribution in [0.1, 0.15) is 39.7 Å². The van der Waals surface area contributed by atoms with Crippen molar-refractivity contribution in [3.63, 3.8) is 0 Å². The summed E-state index contributed by atoms with van der Waals surface area (Å²) in [5.74, 6) is 0.574. The monoisotopic (exact) mass is 326 g/mol. The third-order valence-corrected chi connectivity index (χ3v) is 2.72. The van der Waals surface area contributed by atoms with Gasteiger partial charge in [0.15, 0.2) is 0 Å². The number of rotatable bonds is 7. The lowest BCUT2D eigenvalue weighted by Crippen LogP contribution is -2.35. The fourth-order valence-electron chi connectivity index (χ4n) is 1.71. The van der Waals surface area contributed by atoms with Gasteiger partial charge in [-0.2, -0.15) is 0 Å². The Morgan fingerprint density at radius 1 is 1.09 bits per heavy atom. The lowest BCUT2D eigenvalue weighted by atomic mass is 10.1. The Morgan fingerprint density at radius 2 is 1.70 bits per heavy atom. The Kier molecular flexibility index (Phi) is 14.5. The predicted octanol–water partition coefficient (Wildman–Crippen LogP) is 3.93. The number of esters is 1. The first kappa shape index (κ1) is 23.7. The van der Waals surface area contributed by atoms with E-state index in [1.807, 2.05) is 52.0 Å². The maximum absolute atomic E-state index is 11.2. The van der Waals surface area contributed by atoms with Crippen LogP contribution in [0.2, 0.25) is 0 Å². The average molecular weight is 327 g/mol. The molecule has 0 aliphatic rings. The molecule has 1 aromatic carbocycles. The number of benzene rings is 1. The van der Waals surface area contributed by atoms with Crippen LogP contribution in [0.5, 0.6) is 5.75 Å². The van der Waals surface area contributed by atoms with Crippen LogP contribution in [-0.2, 0) is 16.0 Å². The van der Waals surface area contributed by atoms with Gasteiger partial charge in [-0.3, -0.25) is 4.79 Å². The Morgan fingerprint density at radius 3 is 2.22 bits per heavy atom. The molecule has 0 spiro atoms. The van der Waals surface area contributed by atoms with E-state index >= 15 is 0 Å². The molecule has 0 bridgehead atoms. The first-order valence-electron chi connectivity index (χ1n) is 8.50. The standard InChI is InChI=1S/C15H24NO3.2C2H6/c1-16(2,3)9-6-10-19-14-8-5-7-13(11-14)12-15(17)18-4;2*1-2/h5,7-8,11H,6,9-10,12H2,1-4H3;2*1-2H3/q+1;;. The molecule has 0 N–H and O–H groups in total. The van der Waals surface area contributed by atoms with Crippen LogP contribution in [0.25, 0.3) is 0 Å². The number of ether oxygens (including phenoxy) is 2. The molecule has 4 heteroatoms. The summed E-state index contributed by atoms with van der Waals surface area (Å²) < 4.78 is 11.3. The minimum absolute atomic E-state index is 0.234. The minimum Gasteiger partial charge on any atom is -0.493 e. The second-order valence-electron chi connectivity index (χ2n) is 5.62. The molecule has 0 amide bonds. The summed E-state index contributed by atoms with van der Waals surface area (Å²) in [6.45, 7) is 9.76. The first-order valence-corrected chi connectivity index (χ1v) is 8.50. The zero-order valence-corrected chi connectivity index (χ0v) is 16.3. The topological polar surface area (TPSA) is 35.5 Å². The van der Waals surface area contributed by atoms with E-state index in [4.69, 9.17) is 4.74 Å². The number of hydrogen-bond donors (Lipinski definition) is 0. The maximum Gasteiger partial charge on any atom is 0.309 e. The van der Waals surface area contributed by atoms with E-state index in [2.05, 4.69) is 25.9 Å². The van der Waals surface area contributed by atoms with E-state index in [0.29, 0.717) is 6.61 Å². The number of quaternary nitrogens is 1. The molecule has 0 aliphatic heterocycles. The molecule has 0 fully saturated rings. The van der Waals surface area contributed by atoms with Crippen molar-refractivity contribution >= 4 is 5.97 Å². The van der Waals surface area contributed by atoms with Crippen LogP contribution in [0, 0.1) is 0 Å². The molecule has 0 saturated heterocycles. The van der Waals surface area contributed by atoms with Crippen LogP contribution in [0.3, 0.4) is 0 Å². The fourth-order valence-corrected chi connectivity index (χ4v) is 1.71. The summed E-state index contributed by atoms with van der Waals surface area (Å²) in [5, 5.41) is 0. The Hall–Kier alpha value is -1.55. The van der Waals surface area contributed by atoms with Gasteiger partial charge in [0.25, 0.3) is 0 Å². The van der Waals surface area contributed by atoms with E-state index in [1.165, 1.54) is 7.11 Å². The molecule has 1 rings (SSSR count). The first-order chi connectivity index (χ1) is 10.9. The highest BCUT2D eigenvalue weighted by molar-refractivity contribution is 5.72. The Bertz CT molecular complexity index is 411. The number of methoxy groups -OCH3 is 1. The van der Waals surface area contributed by atoms with Crippen LogP contribution in [0.15, 0.2) is 24.3 Å². The van der Waals surface area contributed by atoms with Crippen LogP contribution in [0.4, 0.5) is 0 Å². The minimum atomic E-state index is -0.234. The van der Waals surface area contributed by atoms with E-state index in [0.717, 1.165) is 28.8 Å². The molecule has 1 aromatic rings. The summed E-state index contributed by atoms with van der Waals surface area (Å²) >= 11 is 0. The van der Waals surface area contributed by atoms with E-state index in [1.54, 1.807) is 0 Å². The number of carbonyl (C=O) groups excluding carboxylic acids is 1. The smallest absolute Gasteiger partial charge is 0.309 e. The predicted molar refractivity (Wildman–Crippen MR) is 97.9 cm³/mol. The van der Waals surface area contributed by atoms with E-state index in [9.17, 15) is 4.79 Å². The zero-order valence-electron chi connectivity index (χ0n) is 16.3. The highest BCUT2D eigenvalue weighted by Crippen LogP contribution is 2.14. The van der Waals surface area contributed by atoms with Gasteiger partial charge in [-0.05, 0) is 17.7 Å². The molecule has 134 valence electrons. The molecule has 0 aromatic heterocycles. The largest absolute Gasteiger partial charge is 0.493 e. The number of nitrogens with zero attached hydrogens (tertiary/aromatic N) is 1. The molecule has 0 aliphatic carbocycles. The third kappa shape index (κ3) is 13.8. The molecular weight excluding hydrogens is 290 g/mol. The van der Waals surface area contributed by atoms with E-state index in [-0.39, 0.29) is 12.4 Å². The van der Waals surface area contributed by atoms with Crippen LogP contribution in [-0.4, -0.2) is 51.9 Å². The van der Waals surface area contributed by atoms with Crippen molar-refractivity contribution in [2.75, 3.05) is 41.4 Å². The van der Waals surface area contributed by atoms with Crippen LogP contribution < -0.4 is 4.74 Å². The van der Waals surface area contributed by atoms with Gasteiger partial charge >= 0.3 is 5.97 Å². The van der Waals surface area contributed by atoms with Gasteiger partial charge in [0, 0.05) is 6.42 Å². The lowest BCUT2D eigenvalue weighted by molar-refractivity contribution is -0.870. The second kappa shape index (κ2) is 14.1. The summed E-state index contributed by atoms with van der Waals surface area (Å²) in [5.41, 5.74) is 0.913. The lowest BCUT2D eigenvalue weighted by Gasteiger charge is -2.23. The van der Waals surface area contributed by atoms with Gasteiger partial charge in [0.2, 0.25) is 0 Å². The molecule has 0 radical (unpaired) electrons. The number of carbonyl (C=O) groups is 1. The van der Waals surface area contributed by atoms with Crippen LogP contribution >= 0.6 is 0 Å². The highest BCUT2D eigenvalue weighted by atomic mass is 16.5. The van der Waals surface area contributed by atoms with Crippen molar-refractivity contribution in [2.24, 2.45) is 0 Å². The normalized spacial score (nSPS) is 9.74. The average Bonchev–Trinajstić information content (AvgIpc) is 2.55. The summed E-state index contributed by atoms with van der Waals surface area (Å²) in [7, 11) is 7.89. The molecular formula is C19H36NO3+. The number of hydrogen-bond acceptors (Lipinski definition) is 3. The fraction of sp³-hybridized carbons (Fsp3) is 0.632. The molecule has 23 heavy (non-hydrogen) atoms. The molecule has 0 saturated carbocycles. The van der Waals surface area contributed by atoms with E-state index < -0.39 is 0 Å². The second-order valence-corrected chi connectivity index (χ2v) is 5.62. The van der Waals surface area contributed by atoms with Crippen molar-refractivity contribution in [3.05, 3.63) is 29.8 Å². The van der Waals surface area contributed by atoms with Gasteiger partial charge in [0.1, 0.15) is 5.75 Å². The molecule has 4 nitrogen and oxygen atoms in total. The van der Waals surface area contributed by atoms with Gasteiger partial charge in [-0.15, -0.1) is 0 Å². The van der Waals surface area contributed by atoms with Gasteiger partial charge < -0.3 is 14.0 Å². The SMILES string of the molecule is CC.CC.COC(=O)Cc1cccc(OCCC[N+](C)(C)C)c1. The summed E-state index contributed by atoms with van der Waals surface area (Å²) in [4.78, 5) is 11.2. The Balaban J connectivity index is 0. The highest BCUT2D eigenvalue weighted by Gasteiger charge is 2.07. The zero-order chi connectivity index (χ0) is 18.3. The molecule has 0 unspecified atom stereocenters. The van der Waals surface area contributed by atoms with Crippen molar-refractivity contribution in [2.45, 2.75) is 40.5 Å². The van der Waals surface area contributed by atoms with Gasteiger partial charge in [0.05, 0.1) is 47.8 Å². The van der Waals surface area contributed by atoms with Crippen molar-refractivity contribution < 1.29 is 18.8 Å².